The van der Waals surface area contributed by atoms with E-state index in [1.54, 1.807) is 18.2 Å². The molecule has 1 heterocycles. The first-order valence-corrected chi connectivity index (χ1v) is 13.3. The monoisotopic (exact) mass is 512 g/mol. The number of ether oxygens (including phenoxy) is 1. The molecule has 3 aromatic rings. The van der Waals surface area contributed by atoms with Gasteiger partial charge in [-0.2, -0.15) is 0 Å². The molecule has 38 heavy (non-hydrogen) atoms. The molecule has 1 aliphatic rings. The van der Waals surface area contributed by atoms with Gasteiger partial charge in [0.2, 0.25) is 0 Å². The lowest BCUT2D eigenvalue weighted by Crippen LogP contribution is -2.30. The van der Waals surface area contributed by atoms with Crippen molar-refractivity contribution in [1.82, 2.24) is 0 Å². The first kappa shape index (κ1) is 27.0. The van der Waals surface area contributed by atoms with Gasteiger partial charge in [-0.25, -0.2) is 0 Å². The molecule has 1 N–H and O–H groups in total. The number of Topliss-reactive ketones (excluding diaryl/α,β-unsaturated/α-hetero) is 1. The van der Waals surface area contributed by atoms with Crippen molar-refractivity contribution in [3.05, 3.63) is 94.6 Å². The maximum absolute atomic E-state index is 13.5. The second kappa shape index (κ2) is 11.5. The van der Waals surface area contributed by atoms with E-state index >= 15 is 0 Å². The SMILES string of the molecule is CCCOc1ccc(/C(O)=C2\C(=O)C(=O)N(c3ccc(N(CC)CC)cc3)C2c2ccccc2C)cc1C. The smallest absolute Gasteiger partial charge is 0.300 e. The molecular weight excluding hydrogens is 476 g/mol. The molecule has 1 saturated heterocycles. The largest absolute Gasteiger partial charge is 0.507 e. The number of rotatable bonds is 9. The van der Waals surface area contributed by atoms with Gasteiger partial charge in [-0.3, -0.25) is 14.5 Å². The van der Waals surface area contributed by atoms with Gasteiger partial charge in [-0.1, -0.05) is 31.2 Å². The van der Waals surface area contributed by atoms with Gasteiger partial charge >= 0.3 is 0 Å². The summed E-state index contributed by atoms with van der Waals surface area (Å²) in [5.41, 5.74) is 4.77. The van der Waals surface area contributed by atoms with E-state index in [-0.39, 0.29) is 11.3 Å². The Kier molecular flexibility index (Phi) is 8.20. The van der Waals surface area contributed by atoms with Crippen molar-refractivity contribution < 1.29 is 19.4 Å². The number of carbonyl (C=O) groups excluding carboxylic acids is 2. The highest BCUT2D eigenvalue weighted by Gasteiger charge is 2.47. The zero-order chi connectivity index (χ0) is 27.4. The number of amides is 1. The van der Waals surface area contributed by atoms with Gasteiger partial charge in [0.15, 0.2) is 0 Å². The normalized spacial score (nSPS) is 16.7. The number of aliphatic hydroxyl groups is 1. The minimum absolute atomic E-state index is 0.0822. The lowest BCUT2D eigenvalue weighted by molar-refractivity contribution is -0.132. The van der Waals surface area contributed by atoms with Crippen LogP contribution in [0.5, 0.6) is 5.75 Å². The standard InChI is InChI=1S/C32H36N2O4/c1-6-19-38-27-18-13-23(20-22(27)5)30(35)28-29(26-12-10-9-11-21(26)4)34(32(37)31(28)36)25-16-14-24(15-17-25)33(7-2)8-3/h9-18,20,29,35H,6-8,19H2,1-5H3/b30-28+. The van der Waals surface area contributed by atoms with Gasteiger partial charge in [0, 0.05) is 30.0 Å². The van der Waals surface area contributed by atoms with Crippen LogP contribution in [-0.4, -0.2) is 36.5 Å². The number of carbonyl (C=O) groups is 2. The number of hydrogen-bond donors (Lipinski definition) is 1. The van der Waals surface area contributed by atoms with Gasteiger partial charge in [-0.05, 0) is 93.3 Å². The Morgan fingerprint density at radius 2 is 1.61 bits per heavy atom. The maximum Gasteiger partial charge on any atom is 0.300 e. The predicted octanol–water partition coefficient (Wildman–Crippen LogP) is 6.56. The number of ketones is 1. The van der Waals surface area contributed by atoms with Crippen molar-refractivity contribution in [2.75, 3.05) is 29.5 Å². The first-order valence-electron chi connectivity index (χ1n) is 13.3. The molecule has 198 valence electrons. The van der Waals surface area contributed by atoms with Gasteiger partial charge < -0.3 is 14.7 Å². The summed E-state index contributed by atoms with van der Waals surface area (Å²) in [6.45, 7) is 12.4. The molecule has 1 atom stereocenters. The van der Waals surface area contributed by atoms with E-state index in [1.165, 1.54) is 4.90 Å². The molecule has 0 saturated carbocycles. The Morgan fingerprint density at radius 1 is 0.921 bits per heavy atom. The highest BCUT2D eigenvalue weighted by molar-refractivity contribution is 6.51. The van der Waals surface area contributed by atoms with Crippen LogP contribution in [0.4, 0.5) is 11.4 Å². The second-order valence-electron chi connectivity index (χ2n) is 9.54. The van der Waals surface area contributed by atoms with Crippen molar-refractivity contribution in [3.63, 3.8) is 0 Å². The minimum Gasteiger partial charge on any atom is -0.507 e. The number of anilines is 2. The third-order valence-corrected chi connectivity index (χ3v) is 7.09. The summed E-state index contributed by atoms with van der Waals surface area (Å²) in [7, 11) is 0. The molecule has 1 aliphatic heterocycles. The molecule has 4 rings (SSSR count). The van der Waals surface area contributed by atoms with Gasteiger partial charge in [0.25, 0.3) is 11.7 Å². The zero-order valence-electron chi connectivity index (χ0n) is 22.8. The van der Waals surface area contributed by atoms with Crippen molar-refractivity contribution in [3.8, 4) is 5.75 Å². The summed E-state index contributed by atoms with van der Waals surface area (Å²) in [6, 6.07) is 19.9. The number of nitrogens with zero attached hydrogens (tertiary/aromatic N) is 2. The van der Waals surface area contributed by atoms with E-state index < -0.39 is 17.7 Å². The van der Waals surface area contributed by atoms with Gasteiger partial charge in [0.1, 0.15) is 11.5 Å². The molecule has 0 spiro atoms. The van der Waals surface area contributed by atoms with Crippen LogP contribution in [0.15, 0.2) is 72.3 Å². The predicted molar refractivity (Wildman–Crippen MR) is 153 cm³/mol. The van der Waals surface area contributed by atoms with Crippen molar-refractivity contribution in [1.29, 1.82) is 0 Å². The van der Waals surface area contributed by atoms with Crippen LogP contribution < -0.4 is 14.5 Å². The van der Waals surface area contributed by atoms with Gasteiger partial charge in [0.05, 0.1) is 18.2 Å². The molecule has 0 radical (unpaired) electrons. The van der Waals surface area contributed by atoms with Crippen LogP contribution >= 0.6 is 0 Å². The summed E-state index contributed by atoms with van der Waals surface area (Å²) < 4.78 is 5.78. The first-order chi connectivity index (χ1) is 18.3. The lowest BCUT2D eigenvalue weighted by atomic mass is 9.92. The van der Waals surface area contributed by atoms with Crippen LogP contribution in [-0.2, 0) is 9.59 Å². The summed E-state index contributed by atoms with van der Waals surface area (Å²) in [4.78, 5) is 30.8. The Bertz CT molecular complexity index is 1360. The van der Waals surface area contributed by atoms with Crippen LogP contribution in [0.2, 0.25) is 0 Å². The van der Waals surface area contributed by atoms with Crippen LogP contribution in [0, 0.1) is 13.8 Å². The highest BCUT2D eigenvalue weighted by atomic mass is 16.5. The third-order valence-electron chi connectivity index (χ3n) is 7.09. The molecule has 0 aromatic heterocycles. The Balaban J connectivity index is 1.85. The number of benzene rings is 3. The number of hydrogen-bond acceptors (Lipinski definition) is 5. The van der Waals surface area contributed by atoms with Crippen molar-refractivity contribution >= 4 is 28.8 Å². The third kappa shape index (κ3) is 5.03. The summed E-state index contributed by atoms with van der Waals surface area (Å²) in [5, 5.41) is 11.5. The quantitative estimate of drug-likeness (QED) is 0.200. The average Bonchev–Trinajstić information content (AvgIpc) is 3.18. The highest BCUT2D eigenvalue weighted by Crippen LogP contribution is 2.43. The fourth-order valence-electron chi connectivity index (χ4n) is 5.03. The van der Waals surface area contributed by atoms with Crippen molar-refractivity contribution in [2.24, 2.45) is 0 Å². The fourth-order valence-corrected chi connectivity index (χ4v) is 5.03. The molecule has 1 fully saturated rings. The van der Waals surface area contributed by atoms with E-state index in [0.29, 0.717) is 17.9 Å². The molecular formula is C32H36N2O4. The molecule has 6 nitrogen and oxygen atoms in total. The molecule has 3 aromatic carbocycles. The molecule has 0 bridgehead atoms. The Morgan fingerprint density at radius 3 is 2.21 bits per heavy atom. The van der Waals surface area contributed by atoms with Gasteiger partial charge in [-0.15, -0.1) is 0 Å². The number of aliphatic hydroxyl groups excluding tert-OH is 1. The molecule has 1 unspecified atom stereocenters. The summed E-state index contributed by atoms with van der Waals surface area (Å²) in [5.74, 6) is -0.820. The van der Waals surface area contributed by atoms with E-state index in [1.807, 2.05) is 69.3 Å². The molecule has 1 amide bonds. The summed E-state index contributed by atoms with van der Waals surface area (Å²) in [6.07, 6.45) is 0.886. The Hall–Kier alpha value is -4.06. The fraction of sp³-hybridized carbons (Fsp3) is 0.312. The summed E-state index contributed by atoms with van der Waals surface area (Å²) >= 11 is 0. The average molecular weight is 513 g/mol. The zero-order valence-corrected chi connectivity index (χ0v) is 22.8. The number of aryl methyl sites for hydroxylation is 2. The van der Waals surface area contributed by atoms with E-state index in [0.717, 1.165) is 47.6 Å². The topological polar surface area (TPSA) is 70.1 Å². The Labute approximate surface area is 225 Å². The van der Waals surface area contributed by atoms with Crippen LogP contribution in [0.25, 0.3) is 5.76 Å². The van der Waals surface area contributed by atoms with E-state index in [2.05, 4.69) is 18.7 Å². The van der Waals surface area contributed by atoms with E-state index in [4.69, 9.17) is 4.74 Å². The lowest BCUT2D eigenvalue weighted by Gasteiger charge is -2.27. The van der Waals surface area contributed by atoms with E-state index in [9.17, 15) is 14.7 Å². The minimum atomic E-state index is -0.758. The maximum atomic E-state index is 13.5. The van der Waals surface area contributed by atoms with Crippen LogP contribution in [0.1, 0.15) is 55.5 Å². The van der Waals surface area contributed by atoms with Crippen LogP contribution in [0.3, 0.4) is 0 Å². The second-order valence-corrected chi connectivity index (χ2v) is 9.54. The van der Waals surface area contributed by atoms with Crippen molar-refractivity contribution in [2.45, 2.75) is 47.1 Å². The molecule has 0 aliphatic carbocycles. The molecule has 6 heteroatoms.